The van der Waals surface area contributed by atoms with Crippen molar-refractivity contribution in [1.29, 1.82) is 0 Å². The van der Waals surface area contributed by atoms with E-state index in [2.05, 4.69) is 0 Å². The number of likely N-dealkylation sites (tertiary alicyclic amines) is 2. The van der Waals surface area contributed by atoms with Gasteiger partial charge in [-0.1, -0.05) is 17.7 Å². The number of aliphatic carboxylic acids is 1. The average Bonchev–Trinajstić information content (AvgIpc) is 3.56. The summed E-state index contributed by atoms with van der Waals surface area (Å²) in [4.78, 5) is 27.1. The van der Waals surface area contributed by atoms with Gasteiger partial charge < -0.3 is 14.7 Å². The molecule has 2 aliphatic heterocycles. The molecule has 1 amide bonds. The number of rotatable bonds is 8. The highest BCUT2D eigenvalue weighted by Gasteiger charge is 2.46. The minimum absolute atomic E-state index is 0.0140. The number of hydrogen-bond acceptors (Lipinski definition) is 4. The molecular formula is C27H26ClF5N2O4. The van der Waals surface area contributed by atoms with Crippen LogP contribution < -0.4 is 4.74 Å². The zero-order valence-corrected chi connectivity index (χ0v) is 21.5. The van der Waals surface area contributed by atoms with E-state index in [0.29, 0.717) is 18.4 Å². The normalized spacial score (nSPS) is 21.1. The van der Waals surface area contributed by atoms with Crippen LogP contribution in [0.5, 0.6) is 5.75 Å². The van der Waals surface area contributed by atoms with Crippen molar-refractivity contribution in [3.63, 3.8) is 0 Å². The standard InChI is InChI=1S/C27H26ClF5N2O4/c28-17-6-5-16(20(8-17)27(31,32)33)11-34-12-26(30,13-34)14-39-23-10-21(29)19(9-18(23)15-3-4-15)24(36)35-7-1-2-22(35)25(37)38/h5-6,8-10,15,22H,1-4,7,11-14H2,(H,37,38). The minimum atomic E-state index is -4.60. The lowest BCUT2D eigenvalue weighted by molar-refractivity contribution is -0.141. The van der Waals surface area contributed by atoms with E-state index in [9.17, 15) is 27.9 Å². The Morgan fingerprint density at radius 1 is 1.13 bits per heavy atom. The van der Waals surface area contributed by atoms with Crippen molar-refractivity contribution < 1.29 is 41.4 Å². The molecule has 3 fully saturated rings. The number of ether oxygens (including phenoxy) is 1. The van der Waals surface area contributed by atoms with Gasteiger partial charge in [-0.3, -0.25) is 9.69 Å². The van der Waals surface area contributed by atoms with E-state index < -0.39 is 47.8 Å². The molecule has 1 atom stereocenters. The smallest absolute Gasteiger partial charge is 0.416 e. The van der Waals surface area contributed by atoms with Gasteiger partial charge in [-0.2, -0.15) is 13.2 Å². The van der Waals surface area contributed by atoms with Gasteiger partial charge in [0.2, 0.25) is 0 Å². The molecule has 39 heavy (non-hydrogen) atoms. The van der Waals surface area contributed by atoms with Gasteiger partial charge in [0, 0.05) is 37.3 Å². The van der Waals surface area contributed by atoms with Gasteiger partial charge in [0.1, 0.15) is 24.2 Å². The van der Waals surface area contributed by atoms with Gasteiger partial charge in [-0.05, 0) is 60.9 Å². The number of carbonyl (C=O) groups is 2. The number of nitrogens with zero attached hydrogens (tertiary/aromatic N) is 2. The van der Waals surface area contributed by atoms with E-state index >= 15 is 8.78 Å². The first kappa shape index (κ1) is 27.6. The highest BCUT2D eigenvalue weighted by molar-refractivity contribution is 6.30. The Labute approximate surface area is 226 Å². The molecule has 2 saturated heterocycles. The first-order chi connectivity index (χ1) is 18.3. The molecule has 210 valence electrons. The highest BCUT2D eigenvalue weighted by Crippen LogP contribution is 2.46. The van der Waals surface area contributed by atoms with Crippen molar-refractivity contribution in [1.82, 2.24) is 9.80 Å². The molecular weight excluding hydrogens is 547 g/mol. The second-order valence-corrected chi connectivity index (χ2v) is 11.0. The van der Waals surface area contributed by atoms with E-state index in [1.165, 1.54) is 23.1 Å². The predicted molar refractivity (Wildman–Crippen MR) is 131 cm³/mol. The van der Waals surface area contributed by atoms with E-state index in [-0.39, 0.29) is 54.0 Å². The van der Waals surface area contributed by atoms with Crippen LogP contribution in [-0.2, 0) is 17.5 Å². The topological polar surface area (TPSA) is 70.1 Å². The largest absolute Gasteiger partial charge is 0.490 e. The first-order valence-corrected chi connectivity index (χ1v) is 13.0. The number of carbonyl (C=O) groups excluding carboxylic acids is 1. The van der Waals surface area contributed by atoms with Crippen LogP contribution in [0.1, 0.15) is 58.6 Å². The number of benzene rings is 2. The van der Waals surface area contributed by atoms with Gasteiger partial charge in [0.15, 0.2) is 5.67 Å². The van der Waals surface area contributed by atoms with Crippen LogP contribution in [0.4, 0.5) is 22.0 Å². The summed E-state index contributed by atoms with van der Waals surface area (Å²) in [5, 5.41) is 9.34. The molecule has 5 rings (SSSR count). The Kier molecular flexibility index (Phi) is 7.26. The van der Waals surface area contributed by atoms with Gasteiger partial charge in [0.05, 0.1) is 11.1 Å². The first-order valence-electron chi connectivity index (χ1n) is 12.6. The molecule has 1 aliphatic carbocycles. The third-order valence-corrected chi connectivity index (χ3v) is 7.65. The highest BCUT2D eigenvalue weighted by atomic mass is 35.5. The van der Waals surface area contributed by atoms with Crippen molar-refractivity contribution in [2.45, 2.75) is 56.0 Å². The zero-order chi connectivity index (χ0) is 28.1. The second kappa shape index (κ2) is 10.2. The minimum Gasteiger partial charge on any atom is -0.490 e. The monoisotopic (exact) mass is 572 g/mol. The summed E-state index contributed by atoms with van der Waals surface area (Å²) in [6.45, 7) is -0.680. The summed E-state index contributed by atoms with van der Waals surface area (Å²) in [7, 11) is 0. The molecule has 3 aliphatic rings. The number of halogens is 6. The molecule has 1 N–H and O–H groups in total. The Bertz CT molecular complexity index is 1290. The summed E-state index contributed by atoms with van der Waals surface area (Å²) >= 11 is 5.72. The third kappa shape index (κ3) is 5.84. The van der Waals surface area contributed by atoms with Gasteiger partial charge in [-0.25, -0.2) is 13.6 Å². The molecule has 0 aromatic heterocycles. The van der Waals surface area contributed by atoms with Crippen LogP contribution >= 0.6 is 11.6 Å². The third-order valence-electron chi connectivity index (χ3n) is 7.42. The van der Waals surface area contributed by atoms with E-state index in [4.69, 9.17) is 16.3 Å². The zero-order valence-electron chi connectivity index (χ0n) is 20.7. The second-order valence-electron chi connectivity index (χ2n) is 10.5. The van der Waals surface area contributed by atoms with E-state index in [1.807, 2.05) is 0 Å². The summed E-state index contributed by atoms with van der Waals surface area (Å²) in [6.07, 6.45) is -2.22. The maximum Gasteiger partial charge on any atom is 0.416 e. The van der Waals surface area contributed by atoms with Crippen LogP contribution in [0.2, 0.25) is 5.02 Å². The SMILES string of the molecule is O=C(O)C1CCCN1C(=O)c1cc(C2CC2)c(OCC2(F)CN(Cc3ccc(Cl)cc3C(F)(F)F)C2)cc1F. The molecule has 12 heteroatoms. The molecule has 6 nitrogen and oxygen atoms in total. The lowest BCUT2D eigenvalue weighted by atomic mass is 9.95. The van der Waals surface area contributed by atoms with Crippen LogP contribution in [0.25, 0.3) is 0 Å². The fourth-order valence-corrected chi connectivity index (χ4v) is 5.52. The summed E-state index contributed by atoms with van der Waals surface area (Å²) in [6, 6.07) is 4.87. The van der Waals surface area contributed by atoms with Crippen molar-refractivity contribution in [3.8, 4) is 5.75 Å². The van der Waals surface area contributed by atoms with Crippen molar-refractivity contribution in [2.75, 3.05) is 26.2 Å². The lowest BCUT2D eigenvalue weighted by Crippen LogP contribution is -2.61. The fourth-order valence-electron chi connectivity index (χ4n) is 5.35. The Balaban J connectivity index is 1.25. The summed E-state index contributed by atoms with van der Waals surface area (Å²) in [5.74, 6) is -2.61. The number of carboxylic acid groups (broad SMARTS) is 1. The Hall–Kier alpha value is -2.92. The summed E-state index contributed by atoms with van der Waals surface area (Å²) in [5.41, 5.74) is -2.42. The van der Waals surface area contributed by atoms with Gasteiger partial charge in [0.25, 0.3) is 5.91 Å². The van der Waals surface area contributed by atoms with Gasteiger partial charge >= 0.3 is 12.1 Å². The molecule has 1 saturated carbocycles. The van der Waals surface area contributed by atoms with E-state index in [0.717, 1.165) is 29.9 Å². The molecule has 2 aromatic carbocycles. The number of carboxylic acids is 1. The quantitative estimate of drug-likeness (QED) is 0.413. The average molecular weight is 573 g/mol. The van der Waals surface area contributed by atoms with Crippen molar-refractivity contribution in [3.05, 3.63) is 63.4 Å². The van der Waals surface area contributed by atoms with Crippen LogP contribution in [0, 0.1) is 5.82 Å². The fraction of sp³-hybridized carbons (Fsp3) is 0.481. The molecule has 2 heterocycles. The Morgan fingerprint density at radius 3 is 2.49 bits per heavy atom. The van der Waals surface area contributed by atoms with E-state index in [1.54, 1.807) is 0 Å². The molecule has 0 spiro atoms. The van der Waals surface area contributed by atoms with Crippen molar-refractivity contribution >= 4 is 23.5 Å². The number of alkyl halides is 4. The van der Waals surface area contributed by atoms with Crippen LogP contribution in [-0.4, -0.2) is 64.7 Å². The maximum absolute atomic E-state index is 15.3. The molecule has 0 radical (unpaired) electrons. The van der Waals surface area contributed by atoms with Crippen molar-refractivity contribution in [2.24, 2.45) is 0 Å². The van der Waals surface area contributed by atoms with Crippen LogP contribution in [0.15, 0.2) is 30.3 Å². The molecule has 0 bridgehead atoms. The Morgan fingerprint density at radius 2 is 1.85 bits per heavy atom. The predicted octanol–water partition coefficient (Wildman–Crippen LogP) is 5.67. The van der Waals surface area contributed by atoms with Gasteiger partial charge in [-0.15, -0.1) is 0 Å². The van der Waals surface area contributed by atoms with Crippen LogP contribution in [0.3, 0.4) is 0 Å². The molecule has 1 unspecified atom stereocenters. The summed E-state index contributed by atoms with van der Waals surface area (Å²) < 4.78 is 76.1. The molecule has 2 aromatic rings. The number of amides is 1. The number of hydrogen-bond donors (Lipinski definition) is 1. The maximum atomic E-state index is 15.3. The lowest BCUT2D eigenvalue weighted by Gasteiger charge is -2.44.